The molecule has 8 heteroatoms. The van der Waals surface area contributed by atoms with Gasteiger partial charge in [0.25, 0.3) is 5.91 Å². The van der Waals surface area contributed by atoms with Crippen molar-refractivity contribution < 1.29 is 18.0 Å². The van der Waals surface area contributed by atoms with Gasteiger partial charge < -0.3 is 4.90 Å². The fourth-order valence-corrected chi connectivity index (χ4v) is 4.04. The Morgan fingerprint density at radius 1 is 1.10 bits per heavy atom. The smallest absolute Gasteiger partial charge is 0.309 e. The summed E-state index contributed by atoms with van der Waals surface area (Å²) in [6, 6.07) is 10.4. The fraction of sp³-hybridized carbons (Fsp3) is 0.333. The summed E-state index contributed by atoms with van der Waals surface area (Å²) in [5, 5.41) is 0.492. The first-order valence-electron chi connectivity index (χ1n) is 9.16. The minimum atomic E-state index is -4.50. The van der Waals surface area contributed by atoms with Gasteiger partial charge in [-0.3, -0.25) is 9.69 Å². The van der Waals surface area contributed by atoms with E-state index in [9.17, 15) is 18.0 Å². The number of benzene rings is 2. The third-order valence-electron chi connectivity index (χ3n) is 4.43. The zero-order valence-corrected chi connectivity index (χ0v) is 17.3. The fourth-order valence-electron chi connectivity index (χ4n) is 2.95. The van der Waals surface area contributed by atoms with Crippen LogP contribution in [0.3, 0.4) is 0 Å². The Hall–Kier alpha value is -2.45. The largest absolute Gasteiger partial charge is 0.416 e. The highest BCUT2D eigenvalue weighted by Gasteiger charge is 2.31. The summed E-state index contributed by atoms with van der Waals surface area (Å²) in [4.78, 5) is 21.2. The predicted molar refractivity (Wildman–Crippen MR) is 111 cm³/mol. The molecule has 1 amide bonds. The van der Waals surface area contributed by atoms with Crippen LogP contribution in [0, 0.1) is 6.92 Å². The molecule has 4 nitrogen and oxygen atoms in total. The molecule has 0 aliphatic heterocycles. The van der Waals surface area contributed by atoms with E-state index in [1.54, 1.807) is 0 Å². The third kappa shape index (κ3) is 5.13. The van der Waals surface area contributed by atoms with Crippen molar-refractivity contribution in [2.24, 2.45) is 0 Å². The van der Waals surface area contributed by atoms with Gasteiger partial charge in [-0.2, -0.15) is 13.2 Å². The molecular formula is C21H22F3N3OS. The number of thiazole rings is 1. The van der Waals surface area contributed by atoms with Crippen molar-refractivity contribution in [3.63, 3.8) is 0 Å². The van der Waals surface area contributed by atoms with Gasteiger partial charge in [0.15, 0.2) is 5.13 Å². The lowest BCUT2D eigenvalue weighted by Gasteiger charge is -2.21. The molecule has 0 spiro atoms. The molecule has 0 saturated carbocycles. The molecular weight excluding hydrogens is 399 g/mol. The van der Waals surface area contributed by atoms with E-state index in [4.69, 9.17) is 0 Å². The molecule has 0 bridgehead atoms. The highest BCUT2D eigenvalue weighted by atomic mass is 32.1. The van der Waals surface area contributed by atoms with Crippen molar-refractivity contribution in [1.29, 1.82) is 0 Å². The Morgan fingerprint density at radius 2 is 1.86 bits per heavy atom. The van der Waals surface area contributed by atoms with Crippen LogP contribution in [0.15, 0.2) is 42.5 Å². The standard InChI is InChI=1S/C21H22F3N3OS/c1-14-8-9-17-18(12-14)29-20(25-17)27(11-5-10-26(2)3)19(28)15-6-4-7-16(13-15)21(22,23)24/h4,6-9,12-13H,5,10-11H2,1-3H3. The second kappa shape index (κ2) is 8.51. The minimum Gasteiger partial charge on any atom is -0.309 e. The number of alkyl halides is 3. The molecule has 3 rings (SSSR count). The van der Waals surface area contributed by atoms with Crippen LogP contribution in [0.2, 0.25) is 0 Å². The van der Waals surface area contributed by atoms with E-state index in [0.717, 1.165) is 34.5 Å². The molecule has 3 aromatic rings. The molecule has 0 atom stereocenters. The molecule has 1 aromatic heterocycles. The molecule has 2 aromatic carbocycles. The summed E-state index contributed by atoms with van der Waals surface area (Å²) in [5.74, 6) is -0.481. The van der Waals surface area contributed by atoms with E-state index in [1.165, 1.54) is 28.4 Å². The van der Waals surface area contributed by atoms with Crippen LogP contribution >= 0.6 is 11.3 Å². The van der Waals surface area contributed by atoms with Crippen LogP contribution in [0.1, 0.15) is 27.9 Å². The number of nitrogens with zero attached hydrogens (tertiary/aromatic N) is 3. The molecule has 0 unspecified atom stereocenters. The maximum absolute atomic E-state index is 13.2. The maximum Gasteiger partial charge on any atom is 0.416 e. The van der Waals surface area contributed by atoms with Gasteiger partial charge >= 0.3 is 6.18 Å². The molecule has 0 fully saturated rings. The Kier molecular flexibility index (Phi) is 6.24. The van der Waals surface area contributed by atoms with Crippen molar-refractivity contribution >= 4 is 32.6 Å². The first kappa shape index (κ1) is 21.3. The van der Waals surface area contributed by atoms with Crippen LogP contribution in [0.25, 0.3) is 10.2 Å². The van der Waals surface area contributed by atoms with Gasteiger partial charge in [-0.25, -0.2) is 4.98 Å². The number of amides is 1. The average Bonchev–Trinajstić information content (AvgIpc) is 3.06. The van der Waals surface area contributed by atoms with Crippen molar-refractivity contribution in [2.75, 3.05) is 32.1 Å². The number of carbonyl (C=O) groups is 1. The third-order valence-corrected chi connectivity index (χ3v) is 5.47. The van der Waals surface area contributed by atoms with Crippen molar-refractivity contribution in [3.05, 3.63) is 59.2 Å². The number of aryl methyl sites for hydroxylation is 1. The van der Waals surface area contributed by atoms with E-state index < -0.39 is 17.6 Å². The highest BCUT2D eigenvalue weighted by Crippen LogP contribution is 2.32. The Balaban J connectivity index is 1.97. The van der Waals surface area contributed by atoms with E-state index in [2.05, 4.69) is 4.98 Å². The summed E-state index contributed by atoms with van der Waals surface area (Å²) in [5.41, 5.74) is 1.01. The normalized spacial score (nSPS) is 12.0. The minimum absolute atomic E-state index is 0.000106. The molecule has 0 aliphatic rings. The maximum atomic E-state index is 13.2. The first-order chi connectivity index (χ1) is 13.6. The molecule has 154 valence electrons. The lowest BCUT2D eigenvalue weighted by atomic mass is 10.1. The van der Waals surface area contributed by atoms with Gasteiger partial charge in [-0.1, -0.05) is 23.5 Å². The van der Waals surface area contributed by atoms with E-state index in [-0.39, 0.29) is 5.56 Å². The lowest BCUT2D eigenvalue weighted by molar-refractivity contribution is -0.137. The number of fused-ring (bicyclic) bond motifs is 1. The van der Waals surface area contributed by atoms with Crippen molar-refractivity contribution in [1.82, 2.24) is 9.88 Å². The Morgan fingerprint density at radius 3 is 2.55 bits per heavy atom. The lowest BCUT2D eigenvalue weighted by Crippen LogP contribution is -2.33. The van der Waals surface area contributed by atoms with Crippen LogP contribution in [0.5, 0.6) is 0 Å². The SMILES string of the molecule is Cc1ccc2nc(N(CCCN(C)C)C(=O)c3cccc(C(F)(F)F)c3)sc2c1. The topological polar surface area (TPSA) is 36.4 Å². The number of rotatable bonds is 6. The van der Waals surface area contributed by atoms with Crippen molar-refractivity contribution in [3.8, 4) is 0 Å². The first-order valence-corrected chi connectivity index (χ1v) is 9.98. The molecule has 0 aliphatic carbocycles. The monoisotopic (exact) mass is 421 g/mol. The van der Waals surface area contributed by atoms with Gasteiger partial charge in [-0.15, -0.1) is 0 Å². The number of anilines is 1. The number of carbonyl (C=O) groups excluding carboxylic acids is 1. The van der Waals surface area contributed by atoms with Gasteiger partial charge in [0, 0.05) is 12.1 Å². The van der Waals surface area contributed by atoms with E-state index in [1.807, 2.05) is 44.1 Å². The molecule has 1 heterocycles. The number of aromatic nitrogens is 1. The van der Waals surface area contributed by atoms with E-state index >= 15 is 0 Å². The second-order valence-corrected chi connectivity index (χ2v) is 8.17. The molecule has 29 heavy (non-hydrogen) atoms. The number of halogens is 3. The van der Waals surface area contributed by atoms with Crippen LogP contribution < -0.4 is 4.90 Å². The summed E-state index contributed by atoms with van der Waals surface area (Å²) in [7, 11) is 3.86. The van der Waals surface area contributed by atoms with Gasteiger partial charge in [-0.05, 0) is 69.9 Å². The van der Waals surface area contributed by atoms with Gasteiger partial charge in [0.2, 0.25) is 0 Å². The summed E-state index contributed by atoms with van der Waals surface area (Å²) in [6.07, 6.45) is -3.83. The Labute approximate surface area is 171 Å². The zero-order chi connectivity index (χ0) is 21.2. The number of hydrogen-bond donors (Lipinski definition) is 0. The van der Waals surface area contributed by atoms with Crippen LogP contribution in [-0.2, 0) is 6.18 Å². The zero-order valence-electron chi connectivity index (χ0n) is 16.5. The summed E-state index contributed by atoms with van der Waals surface area (Å²) >= 11 is 1.37. The van der Waals surface area contributed by atoms with Crippen LogP contribution in [-0.4, -0.2) is 43.0 Å². The van der Waals surface area contributed by atoms with Gasteiger partial charge in [0.05, 0.1) is 15.8 Å². The predicted octanol–water partition coefficient (Wildman–Crippen LogP) is 5.22. The molecule has 0 saturated heterocycles. The quantitative estimate of drug-likeness (QED) is 0.547. The molecule has 0 N–H and O–H groups in total. The number of hydrogen-bond acceptors (Lipinski definition) is 4. The Bertz CT molecular complexity index is 1010. The van der Waals surface area contributed by atoms with Gasteiger partial charge in [0.1, 0.15) is 0 Å². The summed E-state index contributed by atoms with van der Waals surface area (Å²) in [6.45, 7) is 3.09. The summed E-state index contributed by atoms with van der Waals surface area (Å²) < 4.78 is 40.2. The average molecular weight is 421 g/mol. The van der Waals surface area contributed by atoms with Crippen LogP contribution in [0.4, 0.5) is 18.3 Å². The molecule has 0 radical (unpaired) electrons. The van der Waals surface area contributed by atoms with Crippen molar-refractivity contribution in [2.45, 2.75) is 19.5 Å². The second-order valence-electron chi connectivity index (χ2n) is 7.16. The van der Waals surface area contributed by atoms with E-state index in [0.29, 0.717) is 18.1 Å². The highest BCUT2D eigenvalue weighted by molar-refractivity contribution is 7.22.